The summed E-state index contributed by atoms with van der Waals surface area (Å²) in [6.45, 7) is 0.778. The van der Waals surface area contributed by atoms with Gasteiger partial charge in [0.1, 0.15) is 6.04 Å². The molecular formula is C19H20N4O2S. The number of rotatable bonds is 3. The van der Waals surface area contributed by atoms with Crippen molar-refractivity contribution < 1.29 is 8.42 Å². The molecule has 2 aromatic rings. The summed E-state index contributed by atoms with van der Waals surface area (Å²) >= 11 is 0. The van der Waals surface area contributed by atoms with E-state index in [2.05, 4.69) is 6.07 Å². The molecule has 1 aliphatic heterocycles. The highest BCUT2D eigenvalue weighted by Crippen LogP contribution is 2.34. The molecule has 134 valence electrons. The van der Waals surface area contributed by atoms with Crippen LogP contribution in [-0.4, -0.2) is 37.2 Å². The highest BCUT2D eigenvalue weighted by molar-refractivity contribution is 7.90. The molecule has 0 radical (unpaired) electrons. The molecule has 6 nitrogen and oxygen atoms in total. The van der Waals surface area contributed by atoms with Crippen LogP contribution in [0, 0.1) is 11.3 Å². The van der Waals surface area contributed by atoms with Gasteiger partial charge in [0.15, 0.2) is 9.84 Å². The topological polar surface area (TPSA) is 87.0 Å². The zero-order valence-corrected chi connectivity index (χ0v) is 15.5. The van der Waals surface area contributed by atoms with Crippen molar-refractivity contribution >= 4 is 15.8 Å². The van der Waals surface area contributed by atoms with E-state index in [1.165, 1.54) is 6.26 Å². The quantitative estimate of drug-likeness (QED) is 0.827. The van der Waals surface area contributed by atoms with E-state index in [4.69, 9.17) is 9.97 Å². The number of anilines is 1. The van der Waals surface area contributed by atoms with Crippen LogP contribution < -0.4 is 4.90 Å². The molecule has 4 rings (SSSR count). The molecule has 0 unspecified atom stereocenters. The summed E-state index contributed by atoms with van der Waals surface area (Å²) in [4.78, 5) is 11.8. The van der Waals surface area contributed by atoms with Crippen molar-refractivity contribution in [3.8, 4) is 17.3 Å². The number of nitrogens with zero attached hydrogens (tertiary/aromatic N) is 4. The summed E-state index contributed by atoms with van der Waals surface area (Å²) in [6, 6.07) is 9.08. The van der Waals surface area contributed by atoms with Crippen molar-refractivity contribution in [2.45, 2.75) is 43.0 Å². The first-order valence-electron chi connectivity index (χ1n) is 8.84. The maximum atomic E-state index is 11.9. The van der Waals surface area contributed by atoms with Crippen LogP contribution in [0.3, 0.4) is 0 Å². The predicted octanol–water partition coefficient (Wildman–Crippen LogP) is 2.53. The van der Waals surface area contributed by atoms with Gasteiger partial charge >= 0.3 is 0 Å². The van der Waals surface area contributed by atoms with Crippen LogP contribution in [0.4, 0.5) is 5.95 Å². The fourth-order valence-electron chi connectivity index (χ4n) is 3.80. The molecule has 2 heterocycles. The molecule has 2 aliphatic rings. The number of nitriles is 1. The van der Waals surface area contributed by atoms with E-state index in [1.807, 2.05) is 11.0 Å². The Balaban J connectivity index is 1.86. The van der Waals surface area contributed by atoms with Crippen LogP contribution in [0.1, 0.15) is 30.5 Å². The van der Waals surface area contributed by atoms with Gasteiger partial charge in [-0.1, -0.05) is 12.1 Å². The first-order chi connectivity index (χ1) is 12.5. The molecule has 0 N–H and O–H groups in total. The molecule has 1 aromatic heterocycles. The first-order valence-corrected chi connectivity index (χ1v) is 10.7. The van der Waals surface area contributed by atoms with Crippen molar-refractivity contribution in [2.24, 2.45) is 0 Å². The third kappa shape index (κ3) is 2.95. The largest absolute Gasteiger partial charge is 0.325 e. The fraction of sp³-hybridized carbons (Fsp3) is 0.421. The molecule has 1 atom stereocenters. The lowest BCUT2D eigenvalue weighted by molar-refractivity contribution is 0.602. The fourth-order valence-corrected chi connectivity index (χ4v) is 4.47. The van der Waals surface area contributed by atoms with Gasteiger partial charge in [0, 0.05) is 29.6 Å². The van der Waals surface area contributed by atoms with Gasteiger partial charge in [-0.25, -0.2) is 18.4 Å². The molecule has 0 bridgehead atoms. The third-order valence-electron chi connectivity index (χ3n) is 5.12. The molecule has 26 heavy (non-hydrogen) atoms. The number of aromatic nitrogens is 2. The minimum Gasteiger partial charge on any atom is -0.325 e. The van der Waals surface area contributed by atoms with E-state index in [0.29, 0.717) is 5.95 Å². The van der Waals surface area contributed by atoms with Crippen LogP contribution in [-0.2, 0) is 22.7 Å². The van der Waals surface area contributed by atoms with E-state index in [-0.39, 0.29) is 10.9 Å². The Morgan fingerprint density at radius 1 is 1.23 bits per heavy atom. The zero-order chi connectivity index (χ0) is 18.3. The third-order valence-corrected chi connectivity index (χ3v) is 6.23. The van der Waals surface area contributed by atoms with Crippen LogP contribution in [0.2, 0.25) is 0 Å². The second-order valence-electron chi connectivity index (χ2n) is 6.93. The number of hydrogen-bond donors (Lipinski definition) is 0. The maximum absolute atomic E-state index is 11.9. The van der Waals surface area contributed by atoms with Crippen LogP contribution in [0.15, 0.2) is 29.2 Å². The van der Waals surface area contributed by atoms with Crippen molar-refractivity contribution in [2.75, 3.05) is 17.7 Å². The van der Waals surface area contributed by atoms with Crippen molar-refractivity contribution in [1.82, 2.24) is 9.97 Å². The van der Waals surface area contributed by atoms with E-state index in [0.717, 1.165) is 61.2 Å². The predicted molar refractivity (Wildman–Crippen MR) is 98.6 cm³/mol. The number of hydrogen-bond acceptors (Lipinski definition) is 6. The average Bonchev–Trinajstić information content (AvgIpc) is 3.28. The summed E-state index contributed by atoms with van der Waals surface area (Å²) in [7, 11) is -3.28. The number of benzene rings is 1. The zero-order valence-electron chi connectivity index (χ0n) is 14.6. The second-order valence-corrected chi connectivity index (χ2v) is 8.95. The molecule has 7 heteroatoms. The molecule has 1 aromatic carbocycles. The summed E-state index contributed by atoms with van der Waals surface area (Å²) in [5, 5.41) is 9.39. The van der Waals surface area contributed by atoms with Crippen molar-refractivity contribution in [3.63, 3.8) is 0 Å². The van der Waals surface area contributed by atoms with Gasteiger partial charge in [-0.3, -0.25) is 0 Å². The van der Waals surface area contributed by atoms with Crippen molar-refractivity contribution in [3.05, 3.63) is 35.5 Å². The molecule has 0 spiro atoms. The lowest BCUT2D eigenvalue weighted by atomic mass is 10.1. The van der Waals surface area contributed by atoms with Gasteiger partial charge in [-0.15, -0.1) is 0 Å². The van der Waals surface area contributed by atoms with E-state index in [1.54, 1.807) is 18.2 Å². The monoisotopic (exact) mass is 368 g/mol. The Kier molecular flexibility index (Phi) is 4.16. The summed E-state index contributed by atoms with van der Waals surface area (Å²) in [5.74, 6) is 0.592. The minimum absolute atomic E-state index is 0.190. The SMILES string of the molecule is CS(=O)(=O)c1cccc(-c2nc(N3CCC[C@H]3C#N)nc3c2CCC3)c1. The van der Waals surface area contributed by atoms with Crippen LogP contribution in [0.5, 0.6) is 0 Å². The van der Waals surface area contributed by atoms with Gasteiger partial charge in [0.25, 0.3) is 0 Å². The van der Waals surface area contributed by atoms with Crippen molar-refractivity contribution in [1.29, 1.82) is 5.26 Å². The molecule has 0 saturated carbocycles. The second kappa shape index (κ2) is 6.36. The lowest BCUT2D eigenvalue weighted by Crippen LogP contribution is -2.30. The van der Waals surface area contributed by atoms with Gasteiger partial charge < -0.3 is 4.90 Å². The average molecular weight is 368 g/mol. The first kappa shape index (κ1) is 17.0. The van der Waals surface area contributed by atoms with Gasteiger partial charge in [0.05, 0.1) is 16.7 Å². The Hall–Kier alpha value is -2.46. The standard InChI is InChI=1S/C19H20N4O2S/c1-26(24,25)15-7-2-5-13(11-15)18-16-8-3-9-17(16)21-19(22-18)23-10-4-6-14(23)12-20/h2,5,7,11,14H,3-4,6,8-10H2,1H3/t14-/m0/s1. The lowest BCUT2D eigenvalue weighted by Gasteiger charge is -2.21. The highest BCUT2D eigenvalue weighted by atomic mass is 32.2. The maximum Gasteiger partial charge on any atom is 0.227 e. The summed E-state index contributed by atoms with van der Waals surface area (Å²) in [5.41, 5.74) is 3.73. The van der Waals surface area contributed by atoms with Gasteiger partial charge in [-0.2, -0.15) is 5.26 Å². The Morgan fingerprint density at radius 2 is 2.08 bits per heavy atom. The number of fused-ring (bicyclic) bond motifs is 1. The normalized spacial score (nSPS) is 19.4. The minimum atomic E-state index is -3.28. The molecule has 1 aliphatic carbocycles. The van der Waals surface area contributed by atoms with Crippen LogP contribution >= 0.6 is 0 Å². The van der Waals surface area contributed by atoms with Gasteiger partial charge in [0.2, 0.25) is 5.95 Å². The molecule has 1 fully saturated rings. The van der Waals surface area contributed by atoms with Gasteiger partial charge in [-0.05, 0) is 44.2 Å². The van der Waals surface area contributed by atoms with E-state index < -0.39 is 9.84 Å². The molecule has 1 saturated heterocycles. The number of sulfone groups is 1. The molecule has 0 amide bonds. The summed E-state index contributed by atoms with van der Waals surface area (Å²) in [6.07, 6.45) is 5.81. The van der Waals surface area contributed by atoms with E-state index in [9.17, 15) is 13.7 Å². The van der Waals surface area contributed by atoms with Crippen LogP contribution in [0.25, 0.3) is 11.3 Å². The Bertz CT molecular complexity index is 1010. The van der Waals surface area contributed by atoms with E-state index >= 15 is 0 Å². The Labute approximate surface area is 153 Å². The Morgan fingerprint density at radius 3 is 2.85 bits per heavy atom. The molecular weight excluding hydrogens is 348 g/mol. The highest BCUT2D eigenvalue weighted by Gasteiger charge is 2.29. The smallest absolute Gasteiger partial charge is 0.227 e. The summed E-state index contributed by atoms with van der Waals surface area (Å²) < 4.78 is 23.9. The number of aryl methyl sites for hydroxylation is 1.